The molecule has 0 saturated carbocycles. The molecule has 4 N–H and O–H groups in total. The van der Waals surface area contributed by atoms with Gasteiger partial charge in [0.05, 0.1) is 23.8 Å². The van der Waals surface area contributed by atoms with Crippen molar-refractivity contribution in [2.45, 2.75) is 44.7 Å². The number of nitro groups is 1. The lowest BCUT2D eigenvalue weighted by atomic mass is 9.91. The molecule has 2 aromatic carbocycles. The first-order valence-electron chi connectivity index (χ1n) is 9.96. The number of H-pyrrole nitrogens is 1. The van der Waals surface area contributed by atoms with E-state index in [0.717, 1.165) is 42.1 Å². The van der Waals surface area contributed by atoms with Crippen molar-refractivity contribution in [3.05, 3.63) is 63.3 Å². The number of ether oxygens (including phenoxy) is 1. The predicted octanol–water partition coefficient (Wildman–Crippen LogP) is 3.36. The molecule has 0 spiro atoms. The number of non-ortho nitro benzene ring substituents is 1. The van der Waals surface area contributed by atoms with Crippen LogP contribution in [0, 0.1) is 10.1 Å². The number of nitrogens with one attached hydrogen (secondary N) is 1. The monoisotopic (exact) mass is 396 g/mol. The molecular weight excluding hydrogens is 370 g/mol. The standard InChI is InChI=1S/C22H25N3O4/c1-13(10-14-6-9-20(26)21(11-14)29-2)23-19-5-3-4-16-17-12-15(25(27)28)7-8-18(17)24-22(16)19/h6-9,11-13,19,23-24,26H,3-5,10H2,1-2H3/p+1/t13-,19+/m1/s1. The van der Waals surface area contributed by atoms with E-state index in [1.165, 1.54) is 11.3 Å². The molecular formula is C22H26N3O4+. The van der Waals surface area contributed by atoms with Crippen molar-refractivity contribution >= 4 is 16.6 Å². The molecule has 0 saturated heterocycles. The second kappa shape index (κ2) is 7.75. The Balaban J connectivity index is 1.55. The van der Waals surface area contributed by atoms with Crippen LogP contribution in [0.2, 0.25) is 0 Å². The molecule has 152 valence electrons. The first-order chi connectivity index (χ1) is 14.0. The van der Waals surface area contributed by atoms with E-state index < -0.39 is 0 Å². The molecule has 29 heavy (non-hydrogen) atoms. The zero-order valence-electron chi connectivity index (χ0n) is 16.6. The molecule has 1 aliphatic rings. The maximum atomic E-state index is 11.1. The van der Waals surface area contributed by atoms with Crippen molar-refractivity contribution in [3.63, 3.8) is 0 Å². The number of nitrogens with zero attached hydrogens (tertiary/aromatic N) is 1. The number of aromatic hydroxyl groups is 1. The Hall–Kier alpha value is -3.06. The second-order valence-corrected chi connectivity index (χ2v) is 7.88. The van der Waals surface area contributed by atoms with Gasteiger partial charge >= 0.3 is 0 Å². The van der Waals surface area contributed by atoms with Crippen LogP contribution in [0.15, 0.2) is 36.4 Å². The third-order valence-electron chi connectivity index (χ3n) is 5.81. The average Bonchev–Trinajstić information content (AvgIpc) is 3.08. The summed E-state index contributed by atoms with van der Waals surface area (Å²) in [6.45, 7) is 2.20. The number of hydrogen-bond acceptors (Lipinski definition) is 4. The molecule has 0 fully saturated rings. The van der Waals surface area contributed by atoms with Crippen LogP contribution in [-0.2, 0) is 12.8 Å². The largest absolute Gasteiger partial charge is 0.504 e. The van der Waals surface area contributed by atoms with Crippen molar-refractivity contribution in [2.75, 3.05) is 7.11 Å². The first kappa shape index (κ1) is 19.3. The lowest BCUT2D eigenvalue weighted by molar-refractivity contribution is -0.726. The third kappa shape index (κ3) is 3.78. The summed E-state index contributed by atoms with van der Waals surface area (Å²) in [7, 11) is 1.55. The van der Waals surface area contributed by atoms with Crippen molar-refractivity contribution in [1.29, 1.82) is 0 Å². The quantitative estimate of drug-likeness (QED) is 0.439. The highest BCUT2D eigenvalue weighted by molar-refractivity contribution is 5.87. The minimum atomic E-state index is -0.334. The Bertz CT molecular complexity index is 1060. The molecule has 2 atom stereocenters. The minimum absolute atomic E-state index is 0.139. The number of benzene rings is 2. The fourth-order valence-corrected chi connectivity index (χ4v) is 4.48. The van der Waals surface area contributed by atoms with E-state index in [4.69, 9.17) is 4.74 Å². The number of phenolic OH excluding ortho intramolecular Hbond substituents is 1. The smallest absolute Gasteiger partial charge is 0.270 e. The molecule has 7 heteroatoms. The van der Waals surface area contributed by atoms with Gasteiger partial charge in [-0.05, 0) is 49.1 Å². The number of fused-ring (bicyclic) bond motifs is 3. The summed E-state index contributed by atoms with van der Waals surface area (Å²) in [4.78, 5) is 14.3. The molecule has 0 radical (unpaired) electrons. The lowest BCUT2D eigenvalue weighted by Gasteiger charge is -2.24. The van der Waals surface area contributed by atoms with Gasteiger partial charge in [0.2, 0.25) is 0 Å². The number of nitrogens with two attached hydrogens (primary N) is 1. The van der Waals surface area contributed by atoms with Crippen LogP contribution in [0.3, 0.4) is 0 Å². The van der Waals surface area contributed by atoms with Gasteiger partial charge in [-0.2, -0.15) is 0 Å². The van der Waals surface area contributed by atoms with Crippen LogP contribution in [-0.4, -0.2) is 28.2 Å². The molecule has 1 aromatic heterocycles. The van der Waals surface area contributed by atoms with E-state index in [2.05, 4.69) is 17.2 Å². The second-order valence-electron chi connectivity index (χ2n) is 7.88. The van der Waals surface area contributed by atoms with Gasteiger partial charge in [-0.25, -0.2) is 0 Å². The highest BCUT2D eigenvalue weighted by atomic mass is 16.6. The third-order valence-corrected chi connectivity index (χ3v) is 5.81. The number of aryl methyl sites for hydroxylation is 1. The molecule has 0 bridgehead atoms. The Morgan fingerprint density at radius 3 is 2.93 bits per heavy atom. The molecule has 7 nitrogen and oxygen atoms in total. The molecule has 3 aromatic rings. The van der Waals surface area contributed by atoms with E-state index in [-0.39, 0.29) is 16.4 Å². The van der Waals surface area contributed by atoms with Crippen molar-refractivity contribution in [3.8, 4) is 11.5 Å². The van der Waals surface area contributed by atoms with E-state index in [1.807, 2.05) is 18.2 Å². The van der Waals surface area contributed by atoms with Gasteiger partial charge in [0, 0.05) is 35.9 Å². The van der Waals surface area contributed by atoms with Crippen molar-refractivity contribution in [1.82, 2.24) is 4.98 Å². The summed E-state index contributed by atoms with van der Waals surface area (Å²) in [6, 6.07) is 11.2. The van der Waals surface area contributed by atoms with Crippen molar-refractivity contribution < 1.29 is 20.1 Å². The summed E-state index contributed by atoms with van der Waals surface area (Å²) in [5.41, 5.74) is 4.64. The summed E-state index contributed by atoms with van der Waals surface area (Å²) < 4.78 is 5.21. The number of aromatic amines is 1. The van der Waals surface area contributed by atoms with Crippen LogP contribution in [0.25, 0.3) is 10.9 Å². The maximum Gasteiger partial charge on any atom is 0.270 e. The van der Waals surface area contributed by atoms with E-state index in [1.54, 1.807) is 25.3 Å². The minimum Gasteiger partial charge on any atom is -0.504 e. The van der Waals surface area contributed by atoms with Gasteiger partial charge < -0.3 is 20.1 Å². The highest BCUT2D eigenvalue weighted by Crippen LogP contribution is 2.34. The Kier molecular flexibility index (Phi) is 5.15. The van der Waals surface area contributed by atoms with Gasteiger partial charge in [0.15, 0.2) is 11.5 Å². The van der Waals surface area contributed by atoms with Crippen LogP contribution in [0.1, 0.15) is 42.6 Å². The van der Waals surface area contributed by atoms with Gasteiger partial charge in [-0.3, -0.25) is 10.1 Å². The average molecular weight is 396 g/mol. The fraction of sp³-hybridized carbons (Fsp3) is 0.364. The van der Waals surface area contributed by atoms with Gasteiger partial charge in [-0.1, -0.05) is 6.07 Å². The van der Waals surface area contributed by atoms with E-state index >= 15 is 0 Å². The topological polar surface area (TPSA) is 105 Å². The zero-order chi connectivity index (χ0) is 20.5. The molecule has 0 amide bonds. The zero-order valence-corrected chi connectivity index (χ0v) is 16.6. The number of nitro benzene ring substituents is 1. The fourth-order valence-electron chi connectivity index (χ4n) is 4.48. The number of hydrogen-bond donors (Lipinski definition) is 3. The maximum absolute atomic E-state index is 11.1. The molecule has 1 aliphatic carbocycles. The Labute approximate surface area is 168 Å². The summed E-state index contributed by atoms with van der Waals surface area (Å²) >= 11 is 0. The summed E-state index contributed by atoms with van der Waals surface area (Å²) in [5, 5.41) is 24.3. The summed E-state index contributed by atoms with van der Waals surface area (Å²) in [5.74, 6) is 0.642. The van der Waals surface area contributed by atoms with Gasteiger partial charge in [0.1, 0.15) is 6.04 Å². The first-order valence-corrected chi connectivity index (χ1v) is 9.96. The highest BCUT2D eigenvalue weighted by Gasteiger charge is 2.29. The van der Waals surface area contributed by atoms with Crippen LogP contribution in [0.4, 0.5) is 5.69 Å². The molecule has 0 unspecified atom stereocenters. The predicted molar refractivity (Wildman–Crippen MR) is 110 cm³/mol. The number of quaternary nitrogens is 1. The summed E-state index contributed by atoms with van der Waals surface area (Å²) in [6.07, 6.45) is 3.95. The number of aromatic nitrogens is 1. The van der Waals surface area contributed by atoms with Crippen molar-refractivity contribution in [2.24, 2.45) is 0 Å². The van der Waals surface area contributed by atoms with E-state index in [9.17, 15) is 15.2 Å². The van der Waals surface area contributed by atoms with Gasteiger partial charge in [0.25, 0.3) is 5.69 Å². The van der Waals surface area contributed by atoms with E-state index in [0.29, 0.717) is 17.8 Å². The Morgan fingerprint density at radius 1 is 1.34 bits per heavy atom. The molecule has 1 heterocycles. The van der Waals surface area contributed by atoms with Gasteiger partial charge in [-0.15, -0.1) is 0 Å². The SMILES string of the molecule is COc1cc(C[C@@H](C)[NH2+][C@H]2CCCc3c2[nH]c2ccc([N+](=O)[O-])cc32)ccc1O. The number of phenols is 1. The molecule has 0 aliphatic heterocycles. The Morgan fingerprint density at radius 2 is 2.17 bits per heavy atom. The van der Waals surface area contributed by atoms with Crippen LogP contribution in [0.5, 0.6) is 11.5 Å². The molecule has 4 rings (SSSR count). The number of methoxy groups -OCH3 is 1. The van der Waals surface area contributed by atoms with Crippen LogP contribution < -0.4 is 10.1 Å². The lowest BCUT2D eigenvalue weighted by Crippen LogP contribution is -2.90. The van der Waals surface area contributed by atoms with Crippen LogP contribution >= 0.6 is 0 Å². The number of rotatable bonds is 6. The normalized spacial score (nSPS) is 17.1.